The van der Waals surface area contributed by atoms with Crippen molar-refractivity contribution in [2.75, 3.05) is 6.54 Å². The third-order valence-electron chi connectivity index (χ3n) is 0.921. The van der Waals surface area contributed by atoms with E-state index >= 15 is 0 Å². The molecule has 3 heteroatoms. The zero-order valence-electron chi connectivity index (χ0n) is 6.19. The maximum absolute atomic E-state index is 7.16. The molecule has 0 aliphatic carbocycles. The van der Waals surface area contributed by atoms with Crippen molar-refractivity contribution < 1.29 is 0 Å². The minimum atomic E-state index is 0.0336. The van der Waals surface area contributed by atoms with Crippen LogP contribution in [0.15, 0.2) is 0 Å². The number of nitrogens with two attached hydrogens (primary N) is 1. The van der Waals surface area contributed by atoms with Gasteiger partial charge in [0.1, 0.15) is 0 Å². The fourth-order valence-corrected chi connectivity index (χ4v) is 1.37. The van der Waals surface area contributed by atoms with Gasteiger partial charge in [0.25, 0.3) is 0 Å². The summed E-state index contributed by atoms with van der Waals surface area (Å²) in [6, 6.07) is 0. The van der Waals surface area contributed by atoms with Gasteiger partial charge in [0.15, 0.2) is 0 Å². The lowest BCUT2D eigenvalue weighted by atomic mass is 10.2. The van der Waals surface area contributed by atoms with Crippen molar-refractivity contribution >= 4 is 16.8 Å². The molecule has 9 heavy (non-hydrogen) atoms. The van der Waals surface area contributed by atoms with E-state index in [1.807, 2.05) is 13.8 Å². The van der Waals surface area contributed by atoms with Crippen LogP contribution in [-0.4, -0.2) is 16.3 Å². The molecular formula is C6H14N2S. The Morgan fingerprint density at radius 3 is 2.22 bits per heavy atom. The molecule has 3 N–H and O–H groups in total. The average molecular weight is 146 g/mol. The molecule has 0 unspecified atom stereocenters. The Balaban J connectivity index is 3.71. The minimum Gasteiger partial charge on any atom is -0.329 e. The first-order valence-electron chi connectivity index (χ1n) is 2.92. The molecule has 0 rings (SSSR count). The lowest BCUT2D eigenvalue weighted by Crippen LogP contribution is -2.27. The summed E-state index contributed by atoms with van der Waals surface area (Å²) in [6.45, 7) is 6.47. The van der Waals surface area contributed by atoms with Crippen LogP contribution < -0.4 is 5.73 Å². The van der Waals surface area contributed by atoms with Gasteiger partial charge in [-0.15, -0.1) is 11.8 Å². The summed E-state index contributed by atoms with van der Waals surface area (Å²) in [4.78, 5) is 0. The summed E-state index contributed by atoms with van der Waals surface area (Å²) in [5.74, 6) is 0. The Labute approximate surface area is 60.7 Å². The van der Waals surface area contributed by atoms with E-state index in [2.05, 4.69) is 0 Å². The van der Waals surface area contributed by atoms with Crippen molar-refractivity contribution in [1.29, 1.82) is 5.41 Å². The first-order chi connectivity index (χ1) is 3.98. The molecule has 0 atom stereocenters. The second-order valence-corrected chi connectivity index (χ2v) is 4.54. The van der Waals surface area contributed by atoms with Gasteiger partial charge in [-0.3, -0.25) is 5.41 Å². The summed E-state index contributed by atoms with van der Waals surface area (Å²) in [5, 5.41) is 7.79. The van der Waals surface area contributed by atoms with E-state index in [9.17, 15) is 0 Å². The highest BCUT2D eigenvalue weighted by Crippen LogP contribution is 2.22. The van der Waals surface area contributed by atoms with Crippen LogP contribution in [0.1, 0.15) is 20.8 Å². The van der Waals surface area contributed by atoms with Crippen LogP contribution in [-0.2, 0) is 0 Å². The topological polar surface area (TPSA) is 49.9 Å². The van der Waals surface area contributed by atoms with Crippen LogP contribution in [0.2, 0.25) is 0 Å². The second-order valence-electron chi connectivity index (χ2n) is 2.62. The Morgan fingerprint density at radius 1 is 1.67 bits per heavy atom. The number of hydrogen-bond donors (Lipinski definition) is 2. The van der Waals surface area contributed by atoms with Crippen LogP contribution in [0, 0.1) is 5.41 Å². The quantitative estimate of drug-likeness (QED) is 0.457. The molecule has 2 nitrogen and oxygen atoms in total. The molecule has 0 saturated heterocycles. The van der Waals surface area contributed by atoms with Gasteiger partial charge < -0.3 is 5.73 Å². The van der Waals surface area contributed by atoms with Crippen molar-refractivity contribution in [3.8, 4) is 0 Å². The summed E-state index contributed by atoms with van der Waals surface area (Å²) in [6.07, 6.45) is 0. The van der Waals surface area contributed by atoms with Crippen LogP contribution in [0.25, 0.3) is 0 Å². The van der Waals surface area contributed by atoms with E-state index in [0.717, 1.165) is 0 Å². The third-order valence-corrected chi connectivity index (χ3v) is 1.95. The largest absolute Gasteiger partial charge is 0.329 e. The van der Waals surface area contributed by atoms with Gasteiger partial charge in [-0.25, -0.2) is 0 Å². The van der Waals surface area contributed by atoms with E-state index in [4.69, 9.17) is 11.1 Å². The highest BCUT2D eigenvalue weighted by atomic mass is 32.2. The van der Waals surface area contributed by atoms with Crippen LogP contribution in [0.4, 0.5) is 0 Å². The van der Waals surface area contributed by atoms with Crippen molar-refractivity contribution in [3.05, 3.63) is 0 Å². The van der Waals surface area contributed by atoms with Crippen molar-refractivity contribution in [3.63, 3.8) is 0 Å². The number of hydrogen-bond acceptors (Lipinski definition) is 3. The van der Waals surface area contributed by atoms with Gasteiger partial charge in [-0.2, -0.15) is 0 Å². The molecule has 0 aromatic carbocycles. The van der Waals surface area contributed by atoms with Crippen molar-refractivity contribution in [1.82, 2.24) is 0 Å². The molecular weight excluding hydrogens is 132 g/mol. The maximum atomic E-state index is 7.16. The summed E-state index contributed by atoms with van der Waals surface area (Å²) in [7, 11) is 0. The molecule has 54 valence electrons. The molecule has 0 aromatic heterocycles. The fraction of sp³-hybridized carbons (Fsp3) is 0.833. The summed E-state index contributed by atoms with van der Waals surface area (Å²) in [5.41, 5.74) is 5.44. The van der Waals surface area contributed by atoms with Crippen LogP contribution >= 0.6 is 11.8 Å². The second kappa shape index (κ2) is 3.22. The zero-order valence-corrected chi connectivity index (χ0v) is 7.01. The normalized spacial score (nSPS) is 11.6. The average Bonchev–Trinajstić information content (AvgIpc) is 1.63. The van der Waals surface area contributed by atoms with Gasteiger partial charge >= 0.3 is 0 Å². The standard InChI is InChI=1S/C6H14N2S/c1-5(8)9-6(2,3)4-7/h8H,4,7H2,1-3H3. The Morgan fingerprint density at radius 2 is 2.11 bits per heavy atom. The first kappa shape index (κ1) is 8.98. The molecule has 0 bridgehead atoms. The molecule has 0 amide bonds. The van der Waals surface area contributed by atoms with Gasteiger partial charge in [0.05, 0.1) is 5.04 Å². The number of thioether (sulfide) groups is 1. The van der Waals surface area contributed by atoms with E-state index in [0.29, 0.717) is 11.6 Å². The van der Waals surface area contributed by atoms with E-state index in [1.165, 1.54) is 11.8 Å². The zero-order chi connectivity index (χ0) is 7.49. The molecule has 0 spiro atoms. The maximum Gasteiger partial charge on any atom is 0.0616 e. The molecule has 0 saturated carbocycles. The lowest BCUT2D eigenvalue weighted by molar-refractivity contribution is 0.727. The SMILES string of the molecule is CC(=N)SC(C)(C)CN. The first-order valence-corrected chi connectivity index (χ1v) is 3.74. The Bertz CT molecular complexity index is 110. The highest BCUT2D eigenvalue weighted by molar-refractivity contribution is 8.14. The smallest absolute Gasteiger partial charge is 0.0616 e. The number of rotatable bonds is 2. The molecule has 0 aromatic rings. The van der Waals surface area contributed by atoms with Crippen LogP contribution in [0.3, 0.4) is 0 Å². The fourth-order valence-electron chi connectivity index (χ4n) is 0.456. The predicted molar refractivity (Wildman–Crippen MR) is 44.1 cm³/mol. The van der Waals surface area contributed by atoms with Gasteiger partial charge in [0, 0.05) is 11.3 Å². The Hall–Kier alpha value is -0.0200. The van der Waals surface area contributed by atoms with E-state index < -0.39 is 0 Å². The van der Waals surface area contributed by atoms with Crippen molar-refractivity contribution in [2.24, 2.45) is 5.73 Å². The summed E-state index contributed by atoms with van der Waals surface area (Å²) >= 11 is 1.52. The van der Waals surface area contributed by atoms with Gasteiger partial charge in [-0.1, -0.05) is 0 Å². The molecule has 0 aliphatic heterocycles. The van der Waals surface area contributed by atoms with Crippen LogP contribution in [0.5, 0.6) is 0 Å². The molecule has 0 heterocycles. The van der Waals surface area contributed by atoms with Gasteiger partial charge in [-0.05, 0) is 20.8 Å². The predicted octanol–water partition coefficient (Wildman–Crippen LogP) is 1.45. The third kappa shape index (κ3) is 4.48. The molecule has 0 radical (unpaired) electrons. The van der Waals surface area contributed by atoms with E-state index in [-0.39, 0.29) is 4.75 Å². The highest BCUT2D eigenvalue weighted by Gasteiger charge is 2.16. The van der Waals surface area contributed by atoms with Crippen molar-refractivity contribution in [2.45, 2.75) is 25.5 Å². The number of nitrogens with one attached hydrogen (secondary N) is 1. The lowest BCUT2D eigenvalue weighted by Gasteiger charge is -2.20. The monoisotopic (exact) mass is 146 g/mol. The minimum absolute atomic E-state index is 0.0336. The Kier molecular flexibility index (Phi) is 3.22. The molecule has 0 aliphatic rings. The van der Waals surface area contributed by atoms with Gasteiger partial charge in [0.2, 0.25) is 0 Å². The molecule has 0 fully saturated rings. The summed E-state index contributed by atoms with van der Waals surface area (Å²) < 4.78 is 0.0336. The van der Waals surface area contributed by atoms with E-state index in [1.54, 1.807) is 6.92 Å².